The molecule has 0 spiro atoms. The molecule has 2 rings (SSSR count). The van der Waals surface area contributed by atoms with E-state index in [2.05, 4.69) is 0 Å². The molecule has 3 N–H and O–H groups in total. The molecule has 116 valence electrons. The van der Waals surface area contributed by atoms with Gasteiger partial charge in [0.2, 0.25) is 0 Å². The highest BCUT2D eigenvalue weighted by Crippen LogP contribution is 2.44. The lowest BCUT2D eigenvalue weighted by atomic mass is 10.1. The molecule has 0 saturated heterocycles. The molecule has 1 heterocycles. The Labute approximate surface area is 114 Å². The van der Waals surface area contributed by atoms with Gasteiger partial charge in [0.25, 0.3) is 0 Å². The van der Waals surface area contributed by atoms with Crippen LogP contribution in [0.5, 0.6) is 5.75 Å². The Hall–Kier alpha value is -1.90. The highest BCUT2D eigenvalue weighted by atomic mass is 19.4. The van der Waals surface area contributed by atoms with Crippen LogP contribution in [0.15, 0.2) is 18.2 Å². The zero-order valence-corrected chi connectivity index (χ0v) is 10.4. The van der Waals surface area contributed by atoms with Crippen molar-refractivity contribution in [1.29, 1.82) is 0 Å². The maximum absolute atomic E-state index is 12.9. The van der Waals surface area contributed by atoms with Crippen LogP contribution in [0.25, 0.3) is 10.9 Å². The van der Waals surface area contributed by atoms with E-state index < -0.39 is 29.0 Å². The van der Waals surface area contributed by atoms with Crippen molar-refractivity contribution in [3.05, 3.63) is 29.5 Å². The lowest BCUT2D eigenvalue weighted by molar-refractivity contribution is -0.163. The van der Waals surface area contributed by atoms with Gasteiger partial charge in [-0.05, 0) is 12.1 Å². The quantitative estimate of drug-likeness (QED) is 0.852. The fourth-order valence-corrected chi connectivity index (χ4v) is 1.95. The SMILES string of the molecule is NCCOc1ccc2c(C(F)(F)F)c(C(F)(F)F)[nH]c2c1. The predicted octanol–water partition coefficient (Wildman–Crippen LogP) is 3.54. The molecule has 0 amide bonds. The van der Waals surface area contributed by atoms with Crippen molar-refractivity contribution in [2.75, 3.05) is 13.2 Å². The standard InChI is InChI=1S/C12H10F6N2O/c13-11(14,15)9-7-2-1-6(21-4-3-19)5-8(7)20-10(9)12(16,17)18/h1-2,5,20H,3-4,19H2. The van der Waals surface area contributed by atoms with E-state index in [-0.39, 0.29) is 24.4 Å². The highest BCUT2D eigenvalue weighted by molar-refractivity contribution is 5.86. The number of hydrogen-bond acceptors (Lipinski definition) is 2. The largest absolute Gasteiger partial charge is 0.492 e. The number of hydrogen-bond donors (Lipinski definition) is 2. The fourth-order valence-electron chi connectivity index (χ4n) is 1.95. The summed E-state index contributed by atoms with van der Waals surface area (Å²) in [6.07, 6.45) is -10.3. The molecule has 0 aliphatic rings. The monoisotopic (exact) mass is 312 g/mol. The number of rotatable bonds is 3. The predicted molar refractivity (Wildman–Crippen MR) is 62.9 cm³/mol. The first-order valence-corrected chi connectivity index (χ1v) is 5.77. The first-order chi connectivity index (χ1) is 9.64. The Balaban J connectivity index is 2.62. The van der Waals surface area contributed by atoms with Gasteiger partial charge in [-0.15, -0.1) is 0 Å². The van der Waals surface area contributed by atoms with E-state index in [4.69, 9.17) is 10.5 Å². The molecule has 0 radical (unpaired) electrons. The van der Waals surface area contributed by atoms with Crippen LogP contribution >= 0.6 is 0 Å². The van der Waals surface area contributed by atoms with Gasteiger partial charge in [-0.1, -0.05) is 0 Å². The van der Waals surface area contributed by atoms with E-state index in [9.17, 15) is 26.3 Å². The number of halogens is 6. The van der Waals surface area contributed by atoms with Gasteiger partial charge in [0, 0.05) is 18.0 Å². The average molecular weight is 312 g/mol. The summed E-state index contributed by atoms with van der Waals surface area (Å²) in [6.45, 7) is 0.273. The van der Waals surface area contributed by atoms with E-state index in [1.807, 2.05) is 0 Å². The third-order valence-electron chi connectivity index (χ3n) is 2.72. The Kier molecular flexibility index (Phi) is 3.79. The third-order valence-corrected chi connectivity index (χ3v) is 2.72. The summed E-state index contributed by atoms with van der Waals surface area (Å²) in [5, 5.41) is -0.560. The molecule has 1 aromatic heterocycles. The van der Waals surface area contributed by atoms with Crippen molar-refractivity contribution in [1.82, 2.24) is 4.98 Å². The molecular formula is C12H10F6N2O. The number of fused-ring (bicyclic) bond motifs is 1. The minimum Gasteiger partial charge on any atom is -0.492 e. The molecule has 0 saturated carbocycles. The summed E-state index contributed by atoms with van der Waals surface area (Å²) in [6, 6.07) is 3.19. The van der Waals surface area contributed by atoms with Gasteiger partial charge in [-0.2, -0.15) is 26.3 Å². The van der Waals surface area contributed by atoms with E-state index in [1.165, 1.54) is 6.07 Å². The van der Waals surface area contributed by atoms with Crippen molar-refractivity contribution in [2.24, 2.45) is 5.73 Å². The molecule has 1 aromatic carbocycles. The Morgan fingerprint density at radius 1 is 1.05 bits per heavy atom. The van der Waals surface area contributed by atoms with Gasteiger partial charge in [0.1, 0.15) is 18.1 Å². The number of ether oxygens (including phenoxy) is 1. The summed E-state index contributed by atoms with van der Waals surface area (Å²) in [7, 11) is 0. The van der Waals surface area contributed by atoms with Gasteiger partial charge in [-0.3, -0.25) is 0 Å². The van der Waals surface area contributed by atoms with Crippen LogP contribution in [0, 0.1) is 0 Å². The Bertz CT molecular complexity index is 643. The fraction of sp³-hybridized carbons (Fsp3) is 0.333. The lowest BCUT2D eigenvalue weighted by Crippen LogP contribution is -2.15. The molecule has 0 bridgehead atoms. The number of nitrogens with two attached hydrogens (primary N) is 1. The summed E-state index contributed by atoms with van der Waals surface area (Å²) < 4.78 is 81.9. The molecule has 2 aromatic rings. The second kappa shape index (κ2) is 5.14. The molecular weight excluding hydrogens is 302 g/mol. The van der Waals surface area contributed by atoms with Gasteiger partial charge < -0.3 is 15.5 Å². The molecule has 0 fully saturated rings. The zero-order chi connectivity index (χ0) is 15.8. The van der Waals surface area contributed by atoms with Crippen LogP contribution in [0.3, 0.4) is 0 Å². The van der Waals surface area contributed by atoms with E-state index in [1.54, 1.807) is 4.98 Å². The van der Waals surface area contributed by atoms with Crippen molar-refractivity contribution < 1.29 is 31.1 Å². The van der Waals surface area contributed by atoms with Gasteiger partial charge in [0.05, 0.1) is 11.1 Å². The number of H-pyrrole nitrogens is 1. The number of alkyl halides is 6. The second-order valence-corrected chi connectivity index (χ2v) is 4.22. The molecule has 9 heteroatoms. The van der Waals surface area contributed by atoms with Crippen LogP contribution in [0.4, 0.5) is 26.3 Å². The topological polar surface area (TPSA) is 51.0 Å². The number of nitrogens with one attached hydrogen (secondary N) is 1. The van der Waals surface area contributed by atoms with Crippen LogP contribution in [0.1, 0.15) is 11.3 Å². The molecule has 0 unspecified atom stereocenters. The minimum absolute atomic E-state index is 0.102. The highest BCUT2D eigenvalue weighted by Gasteiger charge is 2.46. The minimum atomic E-state index is -5.14. The van der Waals surface area contributed by atoms with Gasteiger partial charge in [-0.25, -0.2) is 0 Å². The third kappa shape index (κ3) is 3.07. The Morgan fingerprint density at radius 2 is 1.71 bits per heavy atom. The molecule has 0 atom stereocenters. The molecule has 0 aliphatic heterocycles. The summed E-state index contributed by atoms with van der Waals surface area (Å²) in [5.74, 6) is 0.136. The van der Waals surface area contributed by atoms with E-state index in [0.29, 0.717) is 0 Å². The normalized spacial score (nSPS) is 12.9. The maximum Gasteiger partial charge on any atom is 0.431 e. The number of benzene rings is 1. The second-order valence-electron chi connectivity index (χ2n) is 4.22. The molecule has 0 aliphatic carbocycles. The molecule has 21 heavy (non-hydrogen) atoms. The van der Waals surface area contributed by atoms with Gasteiger partial charge in [0.15, 0.2) is 0 Å². The van der Waals surface area contributed by atoms with Crippen molar-refractivity contribution in [3.63, 3.8) is 0 Å². The first kappa shape index (κ1) is 15.5. The lowest BCUT2D eigenvalue weighted by Gasteiger charge is -2.11. The van der Waals surface area contributed by atoms with Crippen LogP contribution in [-0.4, -0.2) is 18.1 Å². The number of aromatic amines is 1. The van der Waals surface area contributed by atoms with Crippen LogP contribution in [-0.2, 0) is 12.4 Å². The maximum atomic E-state index is 12.9. The van der Waals surface area contributed by atoms with Crippen molar-refractivity contribution in [2.45, 2.75) is 12.4 Å². The summed E-state index contributed by atoms with van der Waals surface area (Å²) in [5.41, 5.74) is 1.35. The Morgan fingerprint density at radius 3 is 2.24 bits per heavy atom. The molecule has 3 nitrogen and oxygen atoms in total. The van der Waals surface area contributed by atoms with E-state index >= 15 is 0 Å². The van der Waals surface area contributed by atoms with Gasteiger partial charge >= 0.3 is 12.4 Å². The van der Waals surface area contributed by atoms with Crippen LogP contribution < -0.4 is 10.5 Å². The first-order valence-electron chi connectivity index (χ1n) is 5.77. The smallest absolute Gasteiger partial charge is 0.431 e. The van der Waals surface area contributed by atoms with Crippen molar-refractivity contribution in [3.8, 4) is 5.75 Å². The van der Waals surface area contributed by atoms with Crippen molar-refractivity contribution >= 4 is 10.9 Å². The average Bonchev–Trinajstić information content (AvgIpc) is 2.74. The number of aromatic nitrogens is 1. The van der Waals surface area contributed by atoms with E-state index in [0.717, 1.165) is 12.1 Å². The van der Waals surface area contributed by atoms with Crippen LogP contribution in [0.2, 0.25) is 0 Å². The summed E-state index contributed by atoms with van der Waals surface area (Å²) >= 11 is 0. The summed E-state index contributed by atoms with van der Waals surface area (Å²) in [4.78, 5) is 1.77. The zero-order valence-electron chi connectivity index (χ0n) is 10.4.